The number of rotatable bonds is 1. The van der Waals surface area contributed by atoms with E-state index in [9.17, 15) is 0 Å². The number of nitrogen functional groups attached to an aromatic ring is 1. The summed E-state index contributed by atoms with van der Waals surface area (Å²) in [5.74, 6) is 0. The largest absolute Gasteiger partial charge is 0.399 e. The van der Waals surface area contributed by atoms with E-state index in [-0.39, 0.29) is 0 Å². The third-order valence-corrected chi connectivity index (χ3v) is 2.96. The van der Waals surface area contributed by atoms with Crippen molar-refractivity contribution in [2.24, 2.45) is 0 Å². The fourth-order valence-electron chi connectivity index (χ4n) is 1.79. The van der Waals surface area contributed by atoms with Gasteiger partial charge in [0.25, 0.3) is 0 Å². The SMILES string of the molecule is Nc1ccc2nc(-c3ccc(Cl)cc3)cnc2c1. The molecule has 2 aromatic carbocycles. The van der Waals surface area contributed by atoms with E-state index in [0.29, 0.717) is 10.7 Å². The lowest BCUT2D eigenvalue weighted by Crippen LogP contribution is -1.90. The monoisotopic (exact) mass is 255 g/mol. The van der Waals surface area contributed by atoms with Crippen molar-refractivity contribution in [1.29, 1.82) is 0 Å². The molecule has 0 atom stereocenters. The van der Waals surface area contributed by atoms with Crippen LogP contribution in [0.4, 0.5) is 5.69 Å². The number of hydrogen-bond acceptors (Lipinski definition) is 3. The highest BCUT2D eigenvalue weighted by atomic mass is 35.5. The van der Waals surface area contributed by atoms with E-state index in [1.165, 1.54) is 0 Å². The fraction of sp³-hybridized carbons (Fsp3) is 0. The minimum Gasteiger partial charge on any atom is -0.399 e. The van der Waals surface area contributed by atoms with Gasteiger partial charge >= 0.3 is 0 Å². The van der Waals surface area contributed by atoms with Gasteiger partial charge in [-0.1, -0.05) is 23.7 Å². The molecule has 0 spiro atoms. The van der Waals surface area contributed by atoms with Crippen LogP contribution < -0.4 is 5.73 Å². The third kappa shape index (κ3) is 2.00. The molecule has 2 N–H and O–H groups in total. The molecule has 88 valence electrons. The van der Waals surface area contributed by atoms with Crippen LogP contribution in [0, 0.1) is 0 Å². The number of halogens is 1. The van der Waals surface area contributed by atoms with E-state index in [4.69, 9.17) is 17.3 Å². The van der Waals surface area contributed by atoms with Crippen LogP contribution in [0.3, 0.4) is 0 Å². The molecule has 0 aliphatic carbocycles. The fourth-order valence-corrected chi connectivity index (χ4v) is 1.91. The van der Waals surface area contributed by atoms with Crippen LogP contribution in [0.25, 0.3) is 22.3 Å². The predicted octanol–water partition coefficient (Wildman–Crippen LogP) is 3.53. The Morgan fingerprint density at radius 1 is 0.944 bits per heavy atom. The van der Waals surface area contributed by atoms with Gasteiger partial charge in [-0.3, -0.25) is 4.98 Å². The zero-order valence-electron chi connectivity index (χ0n) is 9.47. The van der Waals surface area contributed by atoms with E-state index in [1.54, 1.807) is 6.20 Å². The minimum atomic E-state index is 0.691. The molecule has 0 aliphatic rings. The molecule has 0 amide bonds. The first kappa shape index (κ1) is 11.0. The summed E-state index contributed by atoms with van der Waals surface area (Å²) in [7, 11) is 0. The van der Waals surface area contributed by atoms with Crippen molar-refractivity contribution in [2.45, 2.75) is 0 Å². The van der Waals surface area contributed by atoms with Gasteiger partial charge in [0.2, 0.25) is 0 Å². The Balaban J connectivity index is 2.13. The van der Waals surface area contributed by atoms with Crippen LogP contribution in [0.5, 0.6) is 0 Å². The summed E-state index contributed by atoms with van der Waals surface area (Å²) < 4.78 is 0. The summed E-state index contributed by atoms with van der Waals surface area (Å²) >= 11 is 5.86. The molecule has 0 bridgehead atoms. The molecule has 0 saturated carbocycles. The number of fused-ring (bicyclic) bond motifs is 1. The Hall–Kier alpha value is -2.13. The Morgan fingerprint density at radius 2 is 1.72 bits per heavy atom. The average Bonchev–Trinajstić information content (AvgIpc) is 2.39. The van der Waals surface area contributed by atoms with Crippen molar-refractivity contribution in [3.8, 4) is 11.3 Å². The summed E-state index contributed by atoms with van der Waals surface area (Å²) in [6.45, 7) is 0. The number of nitrogens with zero attached hydrogens (tertiary/aromatic N) is 2. The second-order valence-corrected chi connectivity index (χ2v) is 4.45. The van der Waals surface area contributed by atoms with Crippen molar-refractivity contribution in [3.63, 3.8) is 0 Å². The maximum atomic E-state index is 5.86. The number of aromatic nitrogens is 2. The van der Waals surface area contributed by atoms with Crippen LogP contribution in [-0.2, 0) is 0 Å². The summed E-state index contributed by atoms with van der Waals surface area (Å²) in [6.07, 6.45) is 1.74. The molecule has 18 heavy (non-hydrogen) atoms. The van der Waals surface area contributed by atoms with Crippen molar-refractivity contribution in [2.75, 3.05) is 5.73 Å². The normalized spacial score (nSPS) is 10.7. The number of hydrogen-bond donors (Lipinski definition) is 1. The predicted molar refractivity (Wildman–Crippen MR) is 74.4 cm³/mol. The van der Waals surface area contributed by atoms with Crippen molar-refractivity contribution < 1.29 is 0 Å². The quantitative estimate of drug-likeness (QED) is 0.677. The lowest BCUT2D eigenvalue weighted by atomic mass is 10.1. The van der Waals surface area contributed by atoms with Crippen LogP contribution in [-0.4, -0.2) is 9.97 Å². The lowest BCUT2D eigenvalue weighted by molar-refractivity contribution is 1.29. The molecule has 3 rings (SSSR count). The smallest absolute Gasteiger partial charge is 0.0907 e. The highest BCUT2D eigenvalue weighted by Crippen LogP contribution is 2.21. The van der Waals surface area contributed by atoms with E-state index in [0.717, 1.165) is 22.3 Å². The highest BCUT2D eigenvalue weighted by Gasteiger charge is 2.03. The second-order valence-electron chi connectivity index (χ2n) is 4.01. The number of anilines is 1. The zero-order valence-corrected chi connectivity index (χ0v) is 10.2. The maximum Gasteiger partial charge on any atom is 0.0907 e. The van der Waals surface area contributed by atoms with Gasteiger partial charge in [-0.2, -0.15) is 0 Å². The van der Waals surface area contributed by atoms with Gasteiger partial charge in [0.1, 0.15) is 0 Å². The first-order valence-electron chi connectivity index (χ1n) is 5.50. The highest BCUT2D eigenvalue weighted by molar-refractivity contribution is 6.30. The van der Waals surface area contributed by atoms with Gasteiger partial charge in [0, 0.05) is 16.3 Å². The Morgan fingerprint density at radius 3 is 2.50 bits per heavy atom. The van der Waals surface area contributed by atoms with Crippen LogP contribution in [0.15, 0.2) is 48.7 Å². The van der Waals surface area contributed by atoms with Crippen molar-refractivity contribution >= 4 is 28.3 Å². The van der Waals surface area contributed by atoms with Gasteiger partial charge in [-0.15, -0.1) is 0 Å². The molecular formula is C14H10ClN3. The Kier molecular flexibility index (Phi) is 2.61. The topological polar surface area (TPSA) is 51.8 Å². The molecule has 1 heterocycles. The Bertz CT molecular complexity index is 708. The molecule has 4 heteroatoms. The molecule has 0 unspecified atom stereocenters. The molecule has 3 aromatic rings. The average molecular weight is 256 g/mol. The first-order valence-corrected chi connectivity index (χ1v) is 5.88. The Labute approximate surface area is 109 Å². The molecule has 0 radical (unpaired) electrons. The third-order valence-electron chi connectivity index (χ3n) is 2.71. The van der Waals surface area contributed by atoms with Gasteiger partial charge in [-0.25, -0.2) is 4.98 Å². The summed E-state index contributed by atoms with van der Waals surface area (Å²) in [5.41, 5.74) is 9.84. The van der Waals surface area contributed by atoms with Crippen molar-refractivity contribution in [3.05, 3.63) is 53.7 Å². The summed E-state index contributed by atoms with van der Waals surface area (Å²) in [5, 5.41) is 0.709. The molecule has 1 aromatic heterocycles. The van der Waals surface area contributed by atoms with E-state index in [1.807, 2.05) is 42.5 Å². The number of nitrogens with two attached hydrogens (primary N) is 1. The molecule has 0 aliphatic heterocycles. The van der Waals surface area contributed by atoms with Gasteiger partial charge in [0.05, 0.1) is 22.9 Å². The van der Waals surface area contributed by atoms with E-state index >= 15 is 0 Å². The first-order chi connectivity index (χ1) is 8.72. The lowest BCUT2D eigenvalue weighted by Gasteiger charge is -2.03. The maximum absolute atomic E-state index is 5.86. The molecule has 3 nitrogen and oxygen atoms in total. The zero-order chi connectivity index (χ0) is 12.5. The second kappa shape index (κ2) is 4.27. The van der Waals surface area contributed by atoms with Crippen LogP contribution in [0.1, 0.15) is 0 Å². The standard InChI is InChI=1S/C14H10ClN3/c15-10-3-1-9(2-4-10)14-8-17-13-7-11(16)5-6-12(13)18-14/h1-8H,16H2. The number of benzene rings is 2. The van der Waals surface area contributed by atoms with Gasteiger partial charge < -0.3 is 5.73 Å². The van der Waals surface area contributed by atoms with Gasteiger partial charge in [0.15, 0.2) is 0 Å². The molecule has 0 fully saturated rings. The molecular weight excluding hydrogens is 246 g/mol. The summed E-state index contributed by atoms with van der Waals surface area (Å²) in [4.78, 5) is 8.92. The minimum absolute atomic E-state index is 0.691. The summed E-state index contributed by atoms with van der Waals surface area (Å²) in [6, 6.07) is 13.0. The van der Waals surface area contributed by atoms with E-state index < -0.39 is 0 Å². The molecule has 0 saturated heterocycles. The van der Waals surface area contributed by atoms with E-state index in [2.05, 4.69) is 9.97 Å². The van der Waals surface area contributed by atoms with Gasteiger partial charge in [-0.05, 0) is 30.3 Å². The van der Waals surface area contributed by atoms with Crippen LogP contribution in [0.2, 0.25) is 5.02 Å². The van der Waals surface area contributed by atoms with Crippen molar-refractivity contribution in [1.82, 2.24) is 9.97 Å². The van der Waals surface area contributed by atoms with Crippen LogP contribution >= 0.6 is 11.6 Å².